The van der Waals surface area contributed by atoms with Gasteiger partial charge in [-0.15, -0.1) is 11.3 Å². The summed E-state index contributed by atoms with van der Waals surface area (Å²) in [5, 5.41) is 3.32. The fraction of sp³-hybridized carbons (Fsp3) is 0.143. The van der Waals surface area contributed by atoms with Gasteiger partial charge in [0.25, 0.3) is 5.56 Å². The number of thiazole rings is 1. The molecule has 0 saturated heterocycles. The van der Waals surface area contributed by atoms with E-state index in [4.69, 9.17) is 11.6 Å². The predicted octanol–water partition coefficient (Wildman–Crippen LogP) is 3.30. The third-order valence-electron chi connectivity index (χ3n) is 4.59. The molecule has 1 N–H and O–H groups in total. The number of hydrogen-bond acceptors (Lipinski definition) is 6. The lowest BCUT2D eigenvalue weighted by Gasteiger charge is -2.12. The number of thioether (sulfide) groups is 1. The Labute approximate surface area is 190 Å². The number of benzene rings is 2. The zero-order valence-corrected chi connectivity index (χ0v) is 18.8. The summed E-state index contributed by atoms with van der Waals surface area (Å²) >= 11 is 8.72. The summed E-state index contributed by atoms with van der Waals surface area (Å²) in [6, 6.07) is 15.8. The van der Waals surface area contributed by atoms with Crippen LogP contribution < -0.4 is 16.6 Å². The van der Waals surface area contributed by atoms with Crippen LogP contribution in [0.3, 0.4) is 0 Å². The summed E-state index contributed by atoms with van der Waals surface area (Å²) in [4.78, 5) is 43.4. The van der Waals surface area contributed by atoms with E-state index in [9.17, 15) is 14.4 Å². The van der Waals surface area contributed by atoms with E-state index in [1.165, 1.54) is 27.7 Å². The fourth-order valence-electron chi connectivity index (χ4n) is 3.08. The van der Waals surface area contributed by atoms with Gasteiger partial charge in [0.15, 0.2) is 9.99 Å². The highest BCUT2D eigenvalue weighted by Crippen LogP contribution is 2.25. The second-order valence-electron chi connectivity index (χ2n) is 6.55. The van der Waals surface area contributed by atoms with Crippen LogP contribution >= 0.6 is 34.7 Å². The van der Waals surface area contributed by atoms with Crippen molar-refractivity contribution in [3.63, 3.8) is 0 Å². The summed E-state index contributed by atoms with van der Waals surface area (Å²) in [5.41, 5.74) is 0.349. The first kappa shape index (κ1) is 21.4. The summed E-state index contributed by atoms with van der Waals surface area (Å²) in [6.07, 6.45) is 1.84. The van der Waals surface area contributed by atoms with Crippen LogP contribution in [-0.2, 0) is 17.9 Å². The van der Waals surface area contributed by atoms with Gasteiger partial charge >= 0.3 is 5.69 Å². The Balaban J connectivity index is 1.75. The SMILES string of the molecule is CSc1nc2c(s1)c(=O)n(-c1ccccc1)c(=O)n2CC(=O)NCc1ccccc1Cl. The maximum absolute atomic E-state index is 13.2. The largest absolute Gasteiger partial charge is 0.350 e. The molecule has 31 heavy (non-hydrogen) atoms. The van der Waals surface area contributed by atoms with Gasteiger partial charge < -0.3 is 5.32 Å². The molecule has 158 valence electrons. The minimum absolute atomic E-state index is 0.212. The van der Waals surface area contributed by atoms with Crippen LogP contribution in [0.4, 0.5) is 0 Å². The van der Waals surface area contributed by atoms with E-state index in [0.717, 1.165) is 10.1 Å². The van der Waals surface area contributed by atoms with Crippen LogP contribution in [0.15, 0.2) is 68.5 Å². The highest BCUT2D eigenvalue weighted by Gasteiger charge is 2.20. The monoisotopic (exact) mass is 472 g/mol. The summed E-state index contributed by atoms with van der Waals surface area (Å²) in [5.74, 6) is -0.389. The van der Waals surface area contributed by atoms with Gasteiger partial charge in [0.05, 0.1) is 5.69 Å². The third kappa shape index (κ3) is 4.30. The van der Waals surface area contributed by atoms with Crippen LogP contribution in [0.25, 0.3) is 16.0 Å². The molecule has 0 unspecified atom stereocenters. The molecule has 0 radical (unpaired) electrons. The lowest BCUT2D eigenvalue weighted by molar-refractivity contribution is -0.121. The van der Waals surface area contributed by atoms with Crippen LogP contribution in [0.1, 0.15) is 5.56 Å². The van der Waals surface area contributed by atoms with Gasteiger partial charge in [-0.05, 0) is 30.0 Å². The molecule has 2 aromatic carbocycles. The van der Waals surface area contributed by atoms with Crippen LogP contribution in [0.5, 0.6) is 0 Å². The maximum Gasteiger partial charge on any atom is 0.337 e. The van der Waals surface area contributed by atoms with Crippen molar-refractivity contribution >= 4 is 51.0 Å². The fourth-order valence-corrected chi connectivity index (χ4v) is 4.78. The third-order valence-corrected chi connectivity index (χ3v) is 6.98. The first-order valence-corrected chi connectivity index (χ1v) is 11.7. The molecule has 4 rings (SSSR count). The molecule has 0 aliphatic heterocycles. The van der Waals surface area contributed by atoms with Crippen molar-refractivity contribution in [2.45, 2.75) is 17.4 Å². The molecule has 0 spiro atoms. The highest BCUT2D eigenvalue weighted by atomic mass is 35.5. The van der Waals surface area contributed by atoms with Gasteiger partial charge in [0, 0.05) is 11.6 Å². The number of carbonyl (C=O) groups excluding carboxylic acids is 1. The average molecular weight is 473 g/mol. The smallest absolute Gasteiger partial charge is 0.337 e. The van der Waals surface area contributed by atoms with Crippen molar-refractivity contribution in [1.82, 2.24) is 19.4 Å². The molecule has 2 aromatic heterocycles. The van der Waals surface area contributed by atoms with Crippen LogP contribution in [0, 0.1) is 0 Å². The number of nitrogens with zero attached hydrogens (tertiary/aromatic N) is 3. The van der Waals surface area contributed by atoms with Gasteiger partial charge in [-0.1, -0.05) is 59.8 Å². The molecular weight excluding hydrogens is 456 g/mol. The number of rotatable bonds is 6. The molecule has 10 heteroatoms. The predicted molar refractivity (Wildman–Crippen MR) is 125 cm³/mol. The standard InChI is InChI=1S/C21H17ClN4O3S2/c1-30-20-24-18-17(31-20)19(28)26(14-8-3-2-4-9-14)21(29)25(18)12-16(27)23-11-13-7-5-6-10-15(13)22/h2-10H,11-12H2,1H3,(H,23,27). The Morgan fingerprint density at radius 1 is 1.13 bits per heavy atom. The van der Waals surface area contributed by atoms with E-state index < -0.39 is 11.2 Å². The minimum Gasteiger partial charge on any atom is -0.350 e. The summed E-state index contributed by atoms with van der Waals surface area (Å²) < 4.78 is 3.28. The molecule has 0 aliphatic carbocycles. The van der Waals surface area contributed by atoms with E-state index >= 15 is 0 Å². The number of para-hydroxylation sites is 1. The Morgan fingerprint density at radius 3 is 2.55 bits per heavy atom. The molecule has 0 aliphatic rings. The number of amides is 1. The number of fused-ring (bicyclic) bond motifs is 1. The molecule has 0 fully saturated rings. The van der Waals surface area contributed by atoms with E-state index in [2.05, 4.69) is 10.3 Å². The lowest BCUT2D eigenvalue weighted by atomic mass is 10.2. The molecule has 7 nitrogen and oxygen atoms in total. The molecule has 1 amide bonds. The van der Waals surface area contributed by atoms with E-state index in [1.54, 1.807) is 36.4 Å². The van der Waals surface area contributed by atoms with Crippen molar-refractivity contribution in [2.24, 2.45) is 0 Å². The van der Waals surface area contributed by atoms with Crippen molar-refractivity contribution < 1.29 is 4.79 Å². The van der Waals surface area contributed by atoms with Crippen molar-refractivity contribution in [1.29, 1.82) is 0 Å². The minimum atomic E-state index is -0.616. The van der Waals surface area contributed by atoms with Gasteiger partial charge in [0.2, 0.25) is 5.91 Å². The van der Waals surface area contributed by atoms with E-state index in [0.29, 0.717) is 19.7 Å². The molecule has 2 heterocycles. The molecule has 0 saturated carbocycles. The van der Waals surface area contributed by atoms with Gasteiger partial charge in [-0.2, -0.15) is 0 Å². The van der Waals surface area contributed by atoms with E-state index in [-0.39, 0.29) is 24.6 Å². The van der Waals surface area contributed by atoms with Gasteiger partial charge in [-0.3, -0.25) is 14.2 Å². The summed E-state index contributed by atoms with van der Waals surface area (Å²) in [7, 11) is 0. The molecular formula is C21H17ClN4O3S2. The van der Waals surface area contributed by atoms with Gasteiger partial charge in [0.1, 0.15) is 11.2 Å². The zero-order valence-electron chi connectivity index (χ0n) is 16.4. The molecule has 4 aromatic rings. The van der Waals surface area contributed by atoms with Gasteiger partial charge in [-0.25, -0.2) is 14.3 Å². The quantitative estimate of drug-likeness (QED) is 0.435. The average Bonchev–Trinajstić information content (AvgIpc) is 3.22. The number of carbonyl (C=O) groups is 1. The van der Waals surface area contributed by atoms with E-state index in [1.807, 2.05) is 24.5 Å². The number of halogens is 1. The zero-order chi connectivity index (χ0) is 22.0. The Kier molecular flexibility index (Phi) is 6.26. The lowest BCUT2D eigenvalue weighted by Crippen LogP contribution is -2.41. The molecule has 0 bridgehead atoms. The van der Waals surface area contributed by atoms with Crippen molar-refractivity contribution in [3.8, 4) is 5.69 Å². The van der Waals surface area contributed by atoms with Crippen molar-refractivity contribution in [2.75, 3.05) is 6.26 Å². The maximum atomic E-state index is 13.2. The number of hydrogen-bond donors (Lipinski definition) is 1. The summed E-state index contributed by atoms with van der Waals surface area (Å²) in [6.45, 7) is -0.0493. The first-order valence-electron chi connectivity index (χ1n) is 9.25. The second-order valence-corrected chi connectivity index (χ2v) is 9.01. The first-order chi connectivity index (χ1) is 15.0. The second kappa shape index (κ2) is 9.09. The Morgan fingerprint density at radius 2 is 1.84 bits per heavy atom. The Bertz CT molecular complexity index is 1380. The van der Waals surface area contributed by atoms with Crippen LogP contribution in [0.2, 0.25) is 5.02 Å². The highest BCUT2D eigenvalue weighted by molar-refractivity contribution is 8.00. The molecule has 0 atom stereocenters. The normalized spacial score (nSPS) is 11.0. The van der Waals surface area contributed by atoms with Crippen LogP contribution in [-0.4, -0.2) is 26.3 Å². The topological polar surface area (TPSA) is 86.0 Å². The van der Waals surface area contributed by atoms with Crippen molar-refractivity contribution in [3.05, 3.63) is 86.0 Å². The number of aromatic nitrogens is 3. The number of nitrogens with one attached hydrogen (secondary N) is 1. The Hall–Kier alpha value is -2.88.